The lowest BCUT2D eigenvalue weighted by Gasteiger charge is -2.33. The Morgan fingerprint density at radius 1 is 1.00 bits per heavy atom. The van der Waals surface area contributed by atoms with Gasteiger partial charge in [0, 0.05) is 34.9 Å². The first-order valence-corrected chi connectivity index (χ1v) is 11.3. The van der Waals surface area contributed by atoms with Gasteiger partial charge in [0.2, 0.25) is 5.91 Å². The van der Waals surface area contributed by atoms with Crippen LogP contribution in [0.5, 0.6) is 0 Å². The third-order valence-electron chi connectivity index (χ3n) is 5.97. The second-order valence-corrected chi connectivity index (χ2v) is 8.99. The molecule has 0 saturated heterocycles. The molecule has 0 radical (unpaired) electrons. The van der Waals surface area contributed by atoms with Crippen LogP contribution in [-0.2, 0) is 15.6 Å². The molecule has 4 heteroatoms. The molecule has 2 aromatic carbocycles. The van der Waals surface area contributed by atoms with Crippen molar-refractivity contribution in [3.8, 4) is 0 Å². The van der Waals surface area contributed by atoms with E-state index in [1.165, 1.54) is 5.56 Å². The Balaban J connectivity index is 1.59. The Kier molecular flexibility index (Phi) is 6.48. The molecule has 0 spiro atoms. The molecule has 2 atom stereocenters. The van der Waals surface area contributed by atoms with Crippen LogP contribution in [0, 0.1) is 5.92 Å². The van der Waals surface area contributed by atoms with Crippen LogP contribution in [-0.4, -0.2) is 28.3 Å². The molecule has 27 heavy (non-hydrogen) atoms. The molecule has 3 nitrogen and oxygen atoms in total. The Labute approximate surface area is 165 Å². The van der Waals surface area contributed by atoms with Crippen molar-refractivity contribution < 1.29 is 9.00 Å². The fourth-order valence-corrected chi connectivity index (χ4v) is 4.56. The summed E-state index contributed by atoms with van der Waals surface area (Å²) in [5.74, 6) is 0.956. The molecule has 2 aromatic rings. The first kappa shape index (κ1) is 19.8. The minimum atomic E-state index is -0.974. The average Bonchev–Trinajstić information content (AvgIpc) is 2.73. The van der Waals surface area contributed by atoms with E-state index in [9.17, 15) is 9.00 Å². The van der Waals surface area contributed by atoms with Crippen molar-refractivity contribution in [3.63, 3.8) is 0 Å². The third-order valence-corrected chi connectivity index (χ3v) is 6.91. The molecule has 0 aromatic heterocycles. The largest absolute Gasteiger partial charge is 0.339 e. The maximum atomic E-state index is 13.0. The van der Waals surface area contributed by atoms with E-state index in [0.717, 1.165) is 36.1 Å². The van der Waals surface area contributed by atoms with E-state index in [1.807, 2.05) is 36.2 Å². The molecule has 0 bridgehead atoms. The summed E-state index contributed by atoms with van der Waals surface area (Å²) < 4.78 is 11.6. The van der Waals surface area contributed by atoms with E-state index in [4.69, 9.17) is 0 Å². The number of carbonyl (C=O) groups excluding carboxylic acids is 1. The number of hydrogen-bond donors (Lipinski definition) is 0. The van der Waals surface area contributed by atoms with Gasteiger partial charge in [0.1, 0.15) is 0 Å². The van der Waals surface area contributed by atoms with Crippen molar-refractivity contribution in [2.24, 2.45) is 5.92 Å². The van der Waals surface area contributed by atoms with Gasteiger partial charge in [-0.3, -0.25) is 9.00 Å². The highest BCUT2D eigenvalue weighted by molar-refractivity contribution is 7.84. The Morgan fingerprint density at radius 2 is 1.59 bits per heavy atom. The lowest BCUT2D eigenvalue weighted by atomic mass is 9.78. The van der Waals surface area contributed by atoms with Crippen LogP contribution in [0.25, 0.3) is 0 Å². The summed E-state index contributed by atoms with van der Waals surface area (Å²) in [6.07, 6.45) is 5.77. The Hall–Kier alpha value is -1.94. The second kappa shape index (κ2) is 8.83. The minimum Gasteiger partial charge on any atom is -0.339 e. The van der Waals surface area contributed by atoms with Crippen LogP contribution in [0.3, 0.4) is 0 Å². The van der Waals surface area contributed by atoms with E-state index in [-0.39, 0.29) is 17.9 Å². The van der Waals surface area contributed by atoms with E-state index < -0.39 is 10.8 Å². The lowest BCUT2D eigenvalue weighted by molar-refractivity contribution is -0.137. The highest BCUT2D eigenvalue weighted by Gasteiger charge is 2.30. The van der Waals surface area contributed by atoms with Gasteiger partial charge in [-0.1, -0.05) is 42.5 Å². The zero-order valence-electron chi connectivity index (χ0n) is 16.4. The van der Waals surface area contributed by atoms with Gasteiger partial charge in [-0.2, -0.15) is 0 Å². The summed E-state index contributed by atoms with van der Waals surface area (Å²) in [6.45, 7) is 2.06. The van der Waals surface area contributed by atoms with Gasteiger partial charge in [-0.15, -0.1) is 0 Å². The van der Waals surface area contributed by atoms with Gasteiger partial charge in [0.15, 0.2) is 0 Å². The summed E-state index contributed by atoms with van der Waals surface area (Å²) in [5, 5.41) is 0. The molecule has 0 unspecified atom stereocenters. The standard InChI is InChI=1S/C23H29NO2S/c1-17(18-13-15-22(16-14-18)27(3)26)24(2)23(25)21-11-9-20(10-12-21)19-7-5-4-6-8-19/h4-8,13-17,20-21H,9-12H2,1-3H3/t17-,20?,21?,27+/m0/s1. The summed E-state index contributed by atoms with van der Waals surface area (Å²) >= 11 is 0. The lowest BCUT2D eigenvalue weighted by Crippen LogP contribution is -2.36. The fraction of sp³-hybridized carbons (Fsp3) is 0.435. The zero-order valence-corrected chi connectivity index (χ0v) is 17.2. The van der Waals surface area contributed by atoms with E-state index in [2.05, 4.69) is 37.3 Å². The van der Waals surface area contributed by atoms with E-state index in [0.29, 0.717) is 5.92 Å². The van der Waals surface area contributed by atoms with Crippen LogP contribution >= 0.6 is 0 Å². The van der Waals surface area contributed by atoms with Crippen molar-refractivity contribution in [3.05, 3.63) is 65.7 Å². The van der Waals surface area contributed by atoms with Crippen LogP contribution < -0.4 is 0 Å². The predicted octanol–water partition coefficient (Wildman–Crippen LogP) is 4.92. The number of rotatable bonds is 5. The summed E-state index contributed by atoms with van der Waals surface area (Å²) in [4.78, 5) is 15.7. The maximum absolute atomic E-state index is 13.0. The number of amides is 1. The molecular formula is C23H29NO2S. The first-order chi connectivity index (χ1) is 13.0. The third kappa shape index (κ3) is 4.67. The molecule has 1 aliphatic carbocycles. The first-order valence-electron chi connectivity index (χ1n) is 9.72. The monoisotopic (exact) mass is 383 g/mol. The molecule has 1 saturated carbocycles. The minimum absolute atomic E-state index is 0.0173. The number of hydrogen-bond acceptors (Lipinski definition) is 2. The SMILES string of the molecule is C[C@@H](c1ccc([S@@](C)=O)cc1)N(C)C(=O)C1CCC(c2ccccc2)CC1. The number of nitrogens with zero attached hydrogens (tertiary/aromatic N) is 1. The Bertz CT molecular complexity index is 780. The zero-order chi connectivity index (χ0) is 19.4. The molecule has 3 rings (SSSR count). The summed E-state index contributed by atoms with van der Waals surface area (Å²) in [5.41, 5.74) is 2.48. The quantitative estimate of drug-likeness (QED) is 0.735. The predicted molar refractivity (Wildman–Crippen MR) is 111 cm³/mol. The van der Waals surface area contributed by atoms with Gasteiger partial charge in [-0.25, -0.2) is 0 Å². The molecule has 0 heterocycles. The van der Waals surface area contributed by atoms with E-state index >= 15 is 0 Å². The molecule has 144 valence electrons. The fourth-order valence-electron chi connectivity index (χ4n) is 4.04. The highest BCUT2D eigenvalue weighted by atomic mass is 32.2. The van der Waals surface area contributed by atoms with Crippen molar-refractivity contribution in [1.82, 2.24) is 4.90 Å². The van der Waals surface area contributed by atoms with E-state index in [1.54, 1.807) is 6.26 Å². The van der Waals surface area contributed by atoms with Crippen LogP contribution in [0.2, 0.25) is 0 Å². The van der Waals surface area contributed by atoms with Gasteiger partial charge < -0.3 is 4.90 Å². The molecule has 1 aliphatic rings. The molecule has 1 amide bonds. The van der Waals surface area contributed by atoms with Crippen molar-refractivity contribution in [2.75, 3.05) is 13.3 Å². The smallest absolute Gasteiger partial charge is 0.225 e. The second-order valence-electron chi connectivity index (χ2n) is 7.61. The summed E-state index contributed by atoms with van der Waals surface area (Å²) in [6, 6.07) is 18.4. The number of carbonyl (C=O) groups is 1. The summed E-state index contributed by atoms with van der Waals surface area (Å²) in [7, 11) is 0.931. The topological polar surface area (TPSA) is 37.4 Å². The van der Waals surface area contributed by atoms with Gasteiger partial charge in [-0.05, 0) is 61.8 Å². The molecule has 0 N–H and O–H groups in total. The average molecular weight is 384 g/mol. The van der Waals surface area contributed by atoms with Crippen molar-refractivity contribution >= 4 is 16.7 Å². The molecule has 0 aliphatic heterocycles. The van der Waals surface area contributed by atoms with Crippen molar-refractivity contribution in [1.29, 1.82) is 0 Å². The van der Waals surface area contributed by atoms with Gasteiger partial charge in [0.25, 0.3) is 0 Å². The highest BCUT2D eigenvalue weighted by Crippen LogP contribution is 2.37. The van der Waals surface area contributed by atoms with Gasteiger partial charge in [0.05, 0.1) is 6.04 Å². The number of benzene rings is 2. The van der Waals surface area contributed by atoms with Crippen LogP contribution in [0.1, 0.15) is 55.7 Å². The molecular weight excluding hydrogens is 354 g/mol. The van der Waals surface area contributed by atoms with Crippen LogP contribution in [0.4, 0.5) is 0 Å². The van der Waals surface area contributed by atoms with Gasteiger partial charge >= 0.3 is 0 Å². The van der Waals surface area contributed by atoms with Crippen LogP contribution in [0.15, 0.2) is 59.5 Å². The maximum Gasteiger partial charge on any atom is 0.225 e. The normalized spacial score (nSPS) is 22.0. The van der Waals surface area contributed by atoms with Crippen molar-refractivity contribution in [2.45, 2.75) is 49.5 Å². The Morgan fingerprint density at radius 3 is 2.15 bits per heavy atom. The molecule has 1 fully saturated rings.